The second kappa shape index (κ2) is 12.4. The average Bonchev–Trinajstić information content (AvgIpc) is 2.79. The highest BCUT2D eigenvalue weighted by Crippen LogP contribution is 2.32. The molecule has 0 aliphatic rings. The highest BCUT2D eigenvalue weighted by molar-refractivity contribution is 5.93. The molecule has 7 heteroatoms. The minimum Gasteiger partial charge on any atom is -0.444 e. The van der Waals surface area contributed by atoms with Gasteiger partial charge in [0.25, 0.3) is 0 Å². The lowest BCUT2D eigenvalue weighted by Crippen LogP contribution is -2.60. The van der Waals surface area contributed by atoms with Crippen molar-refractivity contribution < 1.29 is 19.1 Å². The van der Waals surface area contributed by atoms with Crippen LogP contribution in [0, 0.1) is 12.3 Å². The van der Waals surface area contributed by atoms with Gasteiger partial charge in [0, 0.05) is 23.1 Å². The fourth-order valence-corrected chi connectivity index (χ4v) is 4.22. The minimum atomic E-state index is -1.05. The van der Waals surface area contributed by atoms with Gasteiger partial charge in [0.05, 0.1) is 0 Å². The molecular weight excluding hydrogens is 490 g/mol. The Bertz CT molecular complexity index is 1190. The molecule has 2 aromatic rings. The van der Waals surface area contributed by atoms with Gasteiger partial charge in [-0.1, -0.05) is 54.5 Å². The molecule has 3 amide bonds. The van der Waals surface area contributed by atoms with Crippen LogP contribution in [-0.4, -0.2) is 45.5 Å². The van der Waals surface area contributed by atoms with Crippen molar-refractivity contribution in [3.05, 3.63) is 71.3 Å². The summed E-state index contributed by atoms with van der Waals surface area (Å²) in [5, 5.41) is 5.80. The third kappa shape index (κ3) is 9.47. The first-order chi connectivity index (χ1) is 17.9. The molecule has 0 aliphatic carbocycles. The molecule has 2 N–H and O–H groups in total. The summed E-state index contributed by atoms with van der Waals surface area (Å²) in [6.45, 7) is 16.5. The Labute approximate surface area is 233 Å². The van der Waals surface area contributed by atoms with Crippen LogP contribution in [0.5, 0.6) is 0 Å². The first-order valence-corrected chi connectivity index (χ1v) is 13.2. The Kier molecular flexibility index (Phi) is 9.97. The van der Waals surface area contributed by atoms with Gasteiger partial charge in [-0.15, -0.1) is 6.42 Å². The second-order valence-corrected chi connectivity index (χ2v) is 12.6. The third-order valence-corrected chi connectivity index (χ3v) is 5.65. The molecule has 0 saturated heterocycles. The molecule has 2 atom stereocenters. The van der Waals surface area contributed by atoms with E-state index in [0.29, 0.717) is 11.1 Å². The van der Waals surface area contributed by atoms with Gasteiger partial charge in [-0.05, 0) is 79.5 Å². The molecule has 0 fully saturated rings. The number of nitrogens with zero attached hydrogens (tertiary/aromatic N) is 1. The van der Waals surface area contributed by atoms with Gasteiger partial charge in [-0.3, -0.25) is 9.59 Å². The van der Waals surface area contributed by atoms with E-state index in [1.807, 2.05) is 71.9 Å². The summed E-state index contributed by atoms with van der Waals surface area (Å²) in [6, 6.07) is 14.4. The van der Waals surface area contributed by atoms with E-state index >= 15 is 0 Å². The lowest BCUT2D eigenvalue weighted by molar-refractivity contribution is -0.149. The third-order valence-electron chi connectivity index (χ3n) is 5.65. The largest absolute Gasteiger partial charge is 0.444 e. The molecule has 2 rings (SSSR count). The lowest BCUT2D eigenvalue weighted by atomic mass is 9.91. The van der Waals surface area contributed by atoms with E-state index in [9.17, 15) is 14.4 Å². The van der Waals surface area contributed by atoms with Gasteiger partial charge < -0.3 is 20.3 Å². The van der Waals surface area contributed by atoms with E-state index in [2.05, 4.69) is 16.6 Å². The van der Waals surface area contributed by atoms with Crippen LogP contribution in [0.25, 0.3) is 0 Å². The fourth-order valence-electron chi connectivity index (χ4n) is 4.22. The van der Waals surface area contributed by atoms with E-state index in [-0.39, 0.29) is 12.3 Å². The monoisotopic (exact) mass is 533 g/mol. The Morgan fingerprint density at radius 3 is 1.97 bits per heavy atom. The smallest absolute Gasteiger partial charge is 0.408 e. The fraction of sp³-hybridized carbons (Fsp3) is 0.469. The maximum Gasteiger partial charge on any atom is 0.408 e. The van der Waals surface area contributed by atoms with Gasteiger partial charge in [0.1, 0.15) is 17.7 Å². The van der Waals surface area contributed by atoms with Crippen LogP contribution in [0.2, 0.25) is 0 Å². The number of nitrogens with one attached hydrogen (secondary N) is 2. The Balaban J connectivity index is 2.68. The number of amides is 3. The van der Waals surface area contributed by atoms with Gasteiger partial charge in [-0.2, -0.15) is 0 Å². The average molecular weight is 534 g/mol. The Morgan fingerprint density at radius 2 is 1.46 bits per heavy atom. The second-order valence-electron chi connectivity index (χ2n) is 12.6. The van der Waals surface area contributed by atoms with Crippen LogP contribution in [0.4, 0.5) is 4.79 Å². The number of benzene rings is 2. The SMILES string of the molecule is C#Cc1ccccc1C(C(=O)NC(C)(C)C)N(C(=O)C(Cc1ccccc1)NC(=O)OC(C)(C)C)C(C)(C)C. The quantitative estimate of drug-likeness (QED) is 0.468. The highest BCUT2D eigenvalue weighted by atomic mass is 16.6. The molecule has 0 saturated carbocycles. The molecule has 0 aromatic heterocycles. The molecule has 0 radical (unpaired) electrons. The number of hydrogen-bond acceptors (Lipinski definition) is 4. The van der Waals surface area contributed by atoms with Crippen molar-refractivity contribution in [2.24, 2.45) is 0 Å². The summed E-state index contributed by atoms with van der Waals surface area (Å²) in [6.07, 6.45) is 5.32. The Morgan fingerprint density at radius 1 is 0.897 bits per heavy atom. The van der Waals surface area contributed by atoms with Crippen molar-refractivity contribution in [1.82, 2.24) is 15.5 Å². The molecule has 0 aliphatic heterocycles. The van der Waals surface area contributed by atoms with Crippen molar-refractivity contribution in [1.29, 1.82) is 0 Å². The number of carbonyl (C=O) groups excluding carboxylic acids is 3. The predicted molar refractivity (Wildman–Crippen MR) is 155 cm³/mol. The molecule has 7 nitrogen and oxygen atoms in total. The van der Waals surface area contributed by atoms with Crippen LogP contribution < -0.4 is 10.6 Å². The summed E-state index contributed by atoms with van der Waals surface area (Å²) >= 11 is 0. The molecule has 0 bridgehead atoms. The molecule has 0 heterocycles. The minimum absolute atomic E-state index is 0.204. The topological polar surface area (TPSA) is 87.7 Å². The van der Waals surface area contributed by atoms with Crippen molar-refractivity contribution >= 4 is 17.9 Å². The maximum atomic E-state index is 14.5. The molecule has 2 unspecified atom stereocenters. The molecule has 210 valence electrons. The first kappa shape index (κ1) is 31.4. The lowest BCUT2D eigenvalue weighted by Gasteiger charge is -2.44. The van der Waals surface area contributed by atoms with Crippen molar-refractivity contribution in [2.75, 3.05) is 0 Å². The summed E-state index contributed by atoms with van der Waals surface area (Å²) in [5.41, 5.74) is -0.265. The van der Waals surface area contributed by atoms with Crippen molar-refractivity contribution in [2.45, 2.75) is 97.5 Å². The number of alkyl carbamates (subject to hydrolysis) is 1. The van der Waals surface area contributed by atoms with Crippen molar-refractivity contribution in [3.8, 4) is 12.3 Å². The van der Waals surface area contributed by atoms with Gasteiger partial charge in [0.15, 0.2) is 0 Å². The van der Waals surface area contributed by atoms with Crippen LogP contribution >= 0.6 is 0 Å². The van der Waals surface area contributed by atoms with E-state index < -0.39 is 40.8 Å². The summed E-state index contributed by atoms with van der Waals surface area (Å²) < 4.78 is 5.49. The zero-order valence-corrected chi connectivity index (χ0v) is 24.7. The van der Waals surface area contributed by atoms with Crippen LogP contribution in [0.1, 0.15) is 85.0 Å². The highest BCUT2D eigenvalue weighted by Gasteiger charge is 2.43. The zero-order chi connectivity index (χ0) is 29.6. The summed E-state index contributed by atoms with van der Waals surface area (Å²) in [4.78, 5) is 42.8. The normalized spacial score (nSPS) is 13.4. The van der Waals surface area contributed by atoms with E-state index in [1.54, 1.807) is 45.0 Å². The maximum absolute atomic E-state index is 14.5. The molecular formula is C32H43N3O4. The molecule has 0 spiro atoms. The first-order valence-electron chi connectivity index (χ1n) is 13.2. The number of hydrogen-bond donors (Lipinski definition) is 2. The van der Waals surface area contributed by atoms with Gasteiger partial charge in [-0.25, -0.2) is 4.79 Å². The van der Waals surface area contributed by atoms with Crippen molar-refractivity contribution in [3.63, 3.8) is 0 Å². The van der Waals surface area contributed by atoms with Crippen LogP contribution in [0.3, 0.4) is 0 Å². The van der Waals surface area contributed by atoms with Gasteiger partial charge in [0.2, 0.25) is 11.8 Å². The van der Waals surface area contributed by atoms with E-state index in [0.717, 1.165) is 5.56 Å². The van der Waals surface area contributed by atoms with Crippen LogP contribution in [0.15, 0.2) is 54.6 Å². The zero-order valence-electron chi connectivity index (χ0n) is 24.7. The summed E-state index contributed by atoms with van der Waals surface area (Å²) in [7, 11) is 0. The number of rotatable bonds is 7. The summed E-state index contributed by atoms with van der Waals surface area (Å²) in [5.74, 6) is 1.85. The Hall–Kier alpha value is -3.79. The number of terminal acetylenes is 1. The predicted octanol–water partition coefficient (Wildman–Crippen LogP) is 5.39. The molecule has 2 aromatic carbocycles. The van der Waals surface area contributed by atoms with Crippen LogP contribution in [-0.2, 0) is 20.7 Å². The standard InChI is InChI=1S/C32H43N3O4/c1-11-23-19-15-16-20-24(23)26(27(36)34-30(2,3)4)35(31(5,6)7)28(37)25(21-22-17-13-12-14-18-22)33-29(38)39-32(8,9)10/h1,12-20,25-26H,21H2,2-10H3,(H,33,38)(H,34,36). The van der Waals surface area contributed by atoms with E-state index in [4.69, 9.17) is 11.2 Å². The number of carbonyl (C=O) groups is 3. The van der Waals surface area contributed by atoms with E-state index in [1.165, 1.54) is 4.90 Å². The van der Waals surface area contributed by atoms with Gasteiger partial charge >= 0.3 is 6.09 Å². The number of ether oxygens (including phenoxy) is 1. The molecule has 39 heavy (non-hydrogen) atoms.